The second-order valence-electron chi connectivity index (χ2n) is 17.8. The molecule has 0 atom stereocenters. The normalized spacial score (nSPS) is 11.9. The highest BCUT2D eigenvalue weighted by Gasteiger charge is 2.06. The van der Waals surface area contributed by atoms with Gasteiger partial charge < -0.3 is 4.90 Å². The molecule has 0 fully saturated rings. The predicted octanol–water partition coefficient (Wildman–Crippen LogP) is 18.4. The van der Waals surface area contributed by atoms with E-state index in [2.05, 4.69) is 32.6 Å². The van der Waals surface area contributed by atoms with Crippen LogP contribution in [0, 0.1) is 5.92 Å². The zero-order chi connectivity index (χ0) is 37.0. The van der Waals surface area contributed by atoms with Gasteiger partial charge in [-0.25, -0.2) is 0 Å². The van der Waals surface area contributed by atoms with Gasteiger partial charge in [0.05, 0.1) is 0 Å². The molecule has 0 amide bonds. The molecule has 0 aliphatic rings. The van der Waals surface area contributed by atoms with Gasteiger partial charge >= 0.3 is 0 Å². The number of hydrogen-bond donors (Lipinski definition) is 0. The van der Waals surface area contributed by atoms with Crippen LogP contribution < -0.4 is 0 Å². The summed E-state index contributed by atoms with van der Waals surface area (Å²) in [5, 5.41) is 0. The SMILES string of the molecule is CCCCCCCCCCCCCCCCN(CCCCCCCCCCCCCCCC)CCCCCCCCCCCCCCCC(C)C. The maximum absolute atomic E-state index is 2.88. The van der Waals surface area contributed by atoms with Gasteiger partial charge in [-0.1, -0.05) is 278 Å². The average Bonchev–Trinajstić information content (AvgIpc) is 3.12. The Labute approximate surface area is 326 Å². The van der Waals surface area contributed by atoms with Crippen molar-refractivity contribution in [1.29, 1.82) is 0 Å². The number of unbranched alkanes of at least 4 members (excludes halogenated alkanes) is 38. The summed E-state index contributed by atoms with van der Waals surface area (Å²) in [4.78, 5) is 2.88. The summed E-state index contributed by atoms with van der Waals surface area (Å²) in [7, 11) is 0. The van der Waals surface area contributed by atoms with Gasteiger partial charge in [-0.3, -0.25) is 0 Å². The molecule has 0 N–H and O–H groups in total. The van der Waals surface area contributed by atoms with Gasteiger partial charge in [-0.2, -0.15) is 0 Å². The highest BCUT2D eigenvalue weighted by Crippen LogP contribution is 2.17. The van der Waals surface area contributed by atoms with Crippen LogP contribution in [-0.2, 0) is 0 Å². The predicted molar refractivity (Wildman–Crippen MR) is 237 cm³/mol. The number of nitrogens with zero attached hydrogens (tertiary/aromatic N) is 1. The molecule has 0 rings (SSSR count). The molecule has 0 spiro atoms. The van der Waals surface area contributed by atoms with Gasteiger partial charge in [0.25, 0.3) is 0 Å². The van der Waals surface area contributed by atoms with Crippen LogP contribution in [-0.4, -0.2) is 24.5 Å². The van der Waals surface area contributed by atoms with E-state index in [1.807, 2.05) is 0 Å². The Balaban J connectivity index is 3.94. The van der Waals surface area contributed by atoms with E-state index in [0.29, 0.717) is 0 Å². The number of rotatable bonds is 46. The van der Waals surface area contributed by atoms with Gasteiger partial charge in [-0.15, -0.1) is 0 Å². The minimum atomic E-state index is 0.890. The van der Waals surface area contributed by atoms with Gasteiger partial charge in [0, 0.05) is 0 Å². The molecule has 0 aliphatic heterocycles. The summed E-state index contributed by atoms with van der Waals surface area (Å²) < 4.78 is 0. The molecule has 0 saturated heterocycles. The Morgan fingerprint density at radius 3 is 0.608 bits per heavy atom. The van der Waals surface area contributed by atoms with Crippen molar-refractivity contribution in [3.8, 4) is 0 Å². The van der Waals surface area contributed by atoms with Gasteiger partial charge in [-0.05, 0) is 44.8 Å². The molecule has 0 saturated carbocycles. The molecule has 1 nitrogen and oxygen atoms in total. The third kappa shape index (κ3) is 46.0. The first kappa shape index (κ1) is 51.0. The van der Waals surface area contributed by atoms with Crippen molar-refractivity contribution < 1.29 is 0 Å². The van der Waals surface area contributed by atoms with E-state index in [0.717, 1.165) is 5.92 Å². The Hall–Kier alpha value is -0.0400. The zero-order valence-corrected chi connectivity index (χ0v) is 36.8. The molecule has 0 bridgehead atoms. The Kier molecular flexibility index (Phi) is 46.1. The standard InChI is InChI=1S/C50H103N/c1-5-7-9-11-13-15-17-19-23-27-31-35-39-43-47-51(48-44-40-36-32-28-24-20-18-16-14-12-10-8-6-2)49-45-41-37-33-29-25-21-22-26-30-34-38-42-46-50(3)4/h50H,5-49H2,1-4H3. The first-order valence-electron chi connectivity index (χ1n) is 24.9. The molecule has 1 heteroatoms. The Morgan fingerprint density at radius 2 is 0.412 bits per heavy atom. The summed E-state index contributed by atoms with van der Waals surface area (Å²) in [5.74, 6) is 0.890. The smallest absolute Gasteiger partial charge is 0.00187 e. The van der Waals surface area contributed by atoms with E-state index in [4.69, 9.17) is 0 Å². The monoisotopic (exact) mass is 718 g/mol. The lowest BCUT2D eigenvalue weighted by molar-refractivity contribution is 0.254. The van der Waals surface area contributed by atoms with Crippen LogP contribution in [0.25, 0.3) is 0 Å². The summed E-state index contributed by atoms with van der Waals surface area (Å²) in [6.07, 6.45) is 61.6. The van der Waals surface area contributed by atoms with E-state index in [-0.39, 0.29) is 0 Å². The van der Waals surface area contributed by atoms with E-state index in [9.17, 15) is 0 Å². The fourth-order valence-electron chi connectivity index (χ4n) is 8.23. The van der Waals surface area contributed by atoms with Crippen LogP contribution in [0.5, 0.6) is 0 Å². The van der Waals surface area contributed by atoms with E-state index in [1.165, 1.54) is 289 Å². The van der Waals surface area contributed by atoms with Crippen LogP contribution in [0.15, 0.2) is 0 Å². The first-order valence-corrected chi connectivity index (χ1v) is 24.9. The highest BCUT2D eigenvalue weighted by atomic mass is 15.1. The lowest BCUT2D eigenvalue weighted by Crippen LogP contribution is -2.27. The molecule has 0 aliphatic carbocycles. The van der Waals surface area contributed by atoms with Crippen LogP contribution in [0.3, 0.4) is 0 Å². The van der Waals surface area contributed by atoms with Gasteiger partial charge in [0.2, 0.25) is 0 Å². The molecule has 0 aromatic heterocycles. The van der Waals surface area contributed by atoms with Crippen molar-refractivity contribution in [2.75, 3.05) is 19.6 Å². The van der Waals surface area contributed by atoms with Crippen LogP contribution in [0.4, 0.5) is 0 Å². The molecular weight excluding hydrogens is 615 g/mol. The summed E-state index contributed by atoms with van der Waals surface area (Å²) in [6, 6.07) is 0. The molecular formula is C50H103N. The summed E-state index contributed by atoms with van der Waals surface area (Å²) >= 11 is 0. The topological polar surface area (TPSA) is 3.24 Å². The van der Waals surface area contributed by atoms with Crippen molar-refractivity contribution in [1.82, 2.24) is 4.90 Å². The van der Waals surface area contributed by atoms with Gasteiger partial charge in [0.15, 0.2) is 0 Å². The second kappa shape index (κ2) is 46.1. The summed E-state index contributed by atoms with van der Waals surface area (Å²) in [5.41, 5.74) is 0. The third-order valence-corrected chi connectivity index (χ3v) is 11.9. The fourth-order valence-corrected chi connectivity index (χ4v) is 8.23. The number of hydrogen-bond acceptors (Lipinski definition) is 1. The molecule has 0 radical (unpaired) electrons. The van der Waals surface area contributed by atoms with E-state index >= 15 is 0 Å². The maximum Gasteiger partial charge on any atom is -0.00187 e. The third-order valence-electron chi connectivity index (χ3n) is 11.9. The minimum absolute atomic E-state index is 0.890. The molecule has 0 unspecified atom stereocenters. The Morgan fingerprint density at radius 1 is 0.235 bits per heavy atom. The lowest BCUT2D eigenvalue weighted by Gasteiger charge is -2.22. The lowest BCUT2D eigenvalue weighted by atomic mass is 10.0. The average molecular weight is 718 g/mol. The van der Waals surface area contributed by atoms with Crippen LogP contribution >= 0.6 is 0 Å². The highest BCUT2D eigenvalue weighted by molar-refractivity contribution is 4.61. The second-order valence-corrected chi connectivity index (χ2v) is 17.8. The molecule has 0 aromatic rings. The molecule has 0 heterocycles. The van der Waals surface area contributed by atoms with E-state index in [1.54, 1.807) is 0 Å². The minimum Gasteiger partial charge on any atom is -0.303 e. The molecule has 308 valence electrons. The molecule has 51 heavy (non-hydrogen) atoms. The van der Waals surface area contributed by atoms with Crippen LogP contribution in [0.2, 0.25) is 0 Å². The summed E-state index contributed by atoms with van der Waals surface area (Å²) in [6.45, 7) is 13.5. The van der Waals surface area contributed by atoms with Crippen molar-refractivity contribution >= 4 is 0 Å². The zero-order valence-electron chi connectivity index (χ0n) is 36.8. The van der Waals surface area contributed by atoms with E-state index < -0.39 is 0 Å². The Bertz CT molecular complexity index is 552. The quantitative estimate of drug-likeness (QED) is 0.0567. The maximum atomic E-state index is 2.88. The first-order chi connectivity index (χ1) is 25.2. The fraction of sp³-hybridized carbons (Fsp3) is 1.00. The van der Waals surface area contributed by atoms with Gasteiger partial charge in [0.1, 0.15) is 0 Å². The van der Waals surface area contributed by atoms with Crippen molar-refractivity contribution in [3.05, 3.63) is 0 Å². The van der Waals surface area contributed by atoms with Crippen molar-refractivity contribution in [3.63, 3.8) is 0 Å². The molecule has 0 aromatic carbocycles. The largest absolute Gasteiger partial charge is 0.303 e. The van der Waals surface area contributed by atoms with Crippen molar-refractivity contribution in [2.24, 2.45) is 5.92 Å². The van der Waals surface area contributed by atoms with Crippen molar-refractivity contribution in [2.45, 2.75) is 297 Å². The van der Waals surface area contributed by atoms with Crippen LogP contribution in [0.1, 0.15) is 297 Å².